The molecule has 0 bridgehead atoms. The van der Waals surface area contributed by atoms with Gasteiger partial charge in [-0.25, -0.2) is 4.98 Å². The second-order valence-corrected chi connectivity index (χ2v) is 5.33. The Morgan fingerprint density at radius 2 is 2.50 bits per heavy atom. The lowest BCUT2D eigenvalue weighted by atomic mass is 10.1. The van der Waals surface area contributed by atoms with Crippen molar-refractivity contribution in [2.75, 3.05) is 20.3 Å². The van der Waals surface area contributed by atoms with E-state index < -0.39 is 0 Å². The number of nitrogens with one attached hydrogen (secondary N) is 2. The standard InChI is InChI=1S/C13H16ClN3O3/c1-19-13-12-8(6-20-9(12)4-10(14)17-13)15-5-7-2-3-11(18)16-7/h4,7-8,15H,2-3,5-6H2,1H3,(H,16,18)/t7-,8-/m0/s1. The van der Waals surface area contributed by atoms with Crippen molar-refractivity contribution in [1.29, 1.82) is 0 Å². The summed E-state index contributed by atoms with van der Waals surface area (Å²) in [6.45, 7) is 1.21. The van der Waals surface area contributed by atoms with Gasteiger partial charge in [-0.2, -0.15) is 0 Å². The van der Waals surface area contributed by atoms with Gasteiger partial charge in [0.2, 0.25) is 11.8 Å². The molecule has 3 heterocycles. The Hall–Kier alpha value is -1.53. The highest BCUT2D eigenvalue weighted by Gasteiger charge is 2.31. The van der Waals surface area contributed by atoms with Crippen molar-refractivity contribution in [2.45, 2.75) is 24.9 Å². The molecule has 20 heavy (non-hydrogen) atoms. The quantitative estimate of drug-likeness (QED) is 0.813. The van der Waals surface area contributed by atoms with Crippen molar-refractivity contribution in [1.82, 2.24) is 15.6 Å². The molecule has 6 nitrogen and oxygen atoms in total. The molecule has 7 heteroatoms. The number of halogens is 1. The molecule has 2 aliphatic heterocycles. The Balaban J connectivity index is 1.71. The summed E-state index contributed by atoms with van der Waals surface area (Å²) in [6, 6.07) is 1.87. The molecule has 3 rings (SSSR count). The zero-order valence-electron chi connectivity index (χ0n) is 11.1. The molecule has 2 N–H and O–H groups in total. The lowest BCUT2D eigenvalue weighted by Gasteiger charge is -2.16. The summed E-state index contributed by atoms with van der Waals surface area (Å²) in [4.78, 5) is 15.3. The molecule has 1 aromatic heterocycles. The van der Waals surface area contributed by atoms with Crippen molar-refractivity contribution in [3.63, 3.8) is 0 Å². The van der Waals surface area contributed by atoms with E-state index in [2.05, 4.69) is 15.6 Å². The molecule has 108 valence electrons. The Morgan fingerprint density at radius 1 is 1.65 bits per heavy atom. The van der Waals surface area contributed by atoms with E-state index in [0.29, 0.717) is 36.4 Å². The normalized spacial score (nSPS) is 24.2. The van der Waals surface area contributed by atoms with Crippen LogP contribution < -0.4 is 20.1 Å². The lowest BCUT2D eigenvalue weighted by molar-refractivity contribution is -0.119. The first kappa shape index (κ1) is 13.5. The van der Waals surface area contributed by atoms with Gasteiger partial charge >= 0.3 is 0 Å². The van der Waals surface area contributed by atoms with E-state index in [9.17, 15) is 4.79 Å². The topological polar surface area (TPSA) is 72.5 Å². The zero-order valence-corrected chi connectivity index (χ0v) is 11.9. The number of hydrogen-bond donors (Lipinski definition) is 2. The first-order valence-electron chi connectivity index (χ1n) is 6.57. The highest BCUT2D eigenvalue weighted by atomic mass is 35.5. The molecule has 1 amide bonds. The third-order valence-electron chi connectivity index (χ3n) is 3.60. The van der Waals surface area contributed by atoms with Crippen LogP contribution in [0.1, 0.15) is 24.4 Å². The number of nitrogens with zero attached hydrogens (tertiary/aromatic N) is 1. The molecule has 1 saturated heterocycles. The predicted molar refractivity (Wildman–Crippen MR) is 73.2 cm³/mol. The van der Waals surface area contributed by atoms with Gasteiger partial charge in [0, 0.05) is 25.1 Å². The number of ether oxygens (including phenoxy) is 2. The van der Waals surface area contributed by atoms with Crippen LogP contribution in [-0.2, 0) is 4.79 Å². The largest absolute Gasteiger partial charge is 0.491 e. The van der Waals surface area contributed by atoms with Crippen LogP contribution in [0.5, 0.6) is 11.6 Å². The van der Waals surface area contributed by atoms with Crippen LogP contribution >= 0.6 is 11.6 Å². The smallest absolute Gasteiger partial charge is 0.223 e. The molecule has 2 aliphatic rings. The Kier molecular flexibility index (Phi) is 3.67. The van der Waals surface area contributed by atoms with Crippen molar-refractivity contribution in [3.05, 3.63) is 16.8 Å². The molecule has 0 spiro atoms. The van der Waals surface area contributed by atoms with Gasteiger partial charge in [-0.15, -0.1) is 0 Å². The maximum absolute atomic E-state index is 11.2. The first-order valence-corrected chi connectivity index (χ1v) is 6.95. The molecule has 0 radical (unpaired) electrons. The molecule has 0 unspecified atom stereocenters. The third kappa shape index (κ3) is 2.53. The minimum Gasteiger partial charge on any atom is -0.491 e. The van der Waals surface area contributed by atoms with Crippen molar-refractivity contribution < 1.29 is 14.3 Å². The van der Waals surface area contributed by atoms with E-state index in [-0.39, 0.29) is 18.0 Å². The van der Waals surface area contributed by atoms with Crippen LogP contribution in [0, 0.1) is 0 Å². The van der Waals surface area contributed by atoms with Crippen molar-refractivity contribution in [3.8, 4) is 11.6 Å². The average molecular weight is 298 g/mol. The summed E-state index contributed by atoms with van der Waals surface area (Å²) >= 11 is 5.91. The molecule has 0 saturated carbocycles. The summed E-state index contributed by atoms with van der Waals surface area (Å²) in [5, 5.41) is 6.67. The molecular weight excluding hydrogens is 282 g/mol. The number of carbonyl (C=O) groups excluding carboxylic acids is 1. The van der Waals surface area contributed by atoms with Gasteiger partial charge in [-0.1, -0.05) is 11.6 Å². The summed E-state index contributed by atoms with van der Waals surface area (Å²) in [6.07, 6.45) is 1.47. The molecule has 0 aromatic carbocycles. The summed E-state index contributed by atoms with van der Waals surface area (Å²) in [7, 11) is 1.56. The number of fused-ring (bicyclic) bond motifs is 1. The average Bonchev–Trinajstić information content (AvgIpc) is 3.01. The number of hydrogen-bond acceptors (Lipinski definition) is 5. The van der Waals surface area contributed by atoms with Gasteiger partial charge < -0.3 is 20.1 Å². The highest BCUT2D eigenvalue weighted by Crippen LogP contribution is 2.39. The predicted octanol–water partition coefficient (Wildman–Crippen LogP) is 1.05. The van der Waals surface area contributed by atoms with Crippen LogP contribution in [-0.4, -0.2) is 37.2 Å². The van der Waals surface area contributed by atoms with E-state index in [1.54, 1.807) is 13.2 Å². The van der Waals surface area contributed by atoms with E-state index in [0.717, 1.165) is 12.0 Å². The van der Waals surface area contributed by atoms with Gasteiger partial charge in [0.25, 0.3) is 0 Å². The van der Waals surface area contributed by atoms with E-state index in [4.69, 9.17) is 21.1 Å². The Morgan fingerprint density at radius 3 is 3.20 bits per heavy atom. The number of rotatable bonds is 4. The number of methoxy groups -OCH3 is 1. The van der Waals surface area contributed by atoms with E-state index in [1.165, 1.54) is 0 Å². The van der Waals surface area contributed by atoms with Crippen molar-refractivity contribution >= 4 is 17.5 Å². The van der Waals surface area contributed by atoms with Crippen LogP contribution in [0.4, 0.5) is 0 Å². The zero-order chi connectivity index (χ0) is 14.1. The number of pyridine rings is 1. The summed E-state index contributed by atoms with van der Waals surface area (Å²) < 4.78 is 10.9. The van der Waals surface area contributed by atoms with Gasteiger partial charge in [0.1, 0.15) is 17.5 Å². The fraction of sp³-hybridized carbons (Fsp3) is 0.538. The van der Waals surface area contributed by atoms with Gasteiger partial charge in [0.15, 0.2) is 0 Å². The van der Waals surface area contributed by atoms with E-state index in [1.807, 2.05) is 0 Å². The monoisotopic (exact) mass is 297 g/mol. The second kappa shape index (κ2) is 5.46. The number of amides is 1. The van der Waals surface area contributed by atoms with Crippen LogP contribution in [0.15, 0.2) is 6.07 Å². The molecule has 0 aliphatic carbocycles. The Labute approximate surface area is 121 Å². The van der Waals surface area contributed by atoms with Gasteiger partial charge in [-0.05, 0) is 6.42 Å². The summed E-state index contributed by atoms with van der Waals surface area (Å²) in [5.41, 5.74) is 0.890. The highest BCUT2D eigenvalue weighted by molar-refractivity contribution is 6.29. The molecule has 2 atom stereocenters. The fourth-order valence-electron chi connectivity index (χ4n) is 2.61. The maximum Gasteiger partial charge on any atom is 0.223 e. The number of carbonyl (C=O) groups is 1. The lowest BCUT2D eigenvalue weighted by Crippen LogP contribution is -2.37. The second-order valence-electron chi connectivity index (χ2n) is 4.94. The summed E-state index contributed by atoms with van der Waals surface area (Å²) in [5.74, 6) is 1.30. The van der Waals surface area contributed by atoms with E-state index >= 15 is 0 Å². The Bertz CT molecular complexity index is 538. The third-order valence-corrected chi connectivity index (χ3v) is 3.79. The van der Waals surface area contributed by atoms with Gasteiger partial charge in [-0.3, -0.25) is 4.79 Å². The molecule has 1 fully saturated rings. The molecular formula is C13H16ClN3O3. The maximum atomic E-state index is 11.2. The minimum atomic E-state index is 0.00205. The van der Waals surface area contributed by atoms with Crippen molar-refractivity contribution in [2.24, 2.45) is 0 Å². The number of aromatic nitrogens is 1. The fourth-order valence-corrected chi connectivity index (χ4v) is 2.78. The first-order chi connectivity index (χ1) is 9.67. The van der Waals surface area contributed by atoms with Crippen LogP contribution in [0.2, 0.25) is 5.15 Å². The molecule has 1 aromatic rings. The van der Waals surface area contributed by atoms with Crippen LogP contribution in [0.25, 0.3) is 0 Å². The van der Waals surface area contributed by atoms with Crippen LogP contribution in [0.3, 0.4) is 0 Å². The SMILES string of the molecule is COc1nc(Cl)cc2c1[C@@H](NC[C@@H]1CCC(=O)N1)CO2. The van der Waals surface area contributed by atoms with Gasteiger partial charge in [0.05, 0.1) is 18.7 Å². The minimum absolute atomic E-state index is 0.00205.